The molecule has 15 heavy (non-hydrogen) atoms. The van der Waals surface area contributed by atoms with Gasteiger partial charge in [0, 0.05) is 12.6 Å². The maximum absolute atomic E-state index is 10.7. The molecule has 90 valence electrons. The Morgan fingerprint density at radius 2 is 1.73 bits per heavy atom. The minimum Gasteiger partial charge on any atom is -0.480 e. The summed E-state index contributed by atoms with van der Waals surface area (Å²) in [5, 5.41) is 8.79. The van der Waals surface area contributed by atoms with Crippen LogP contribution in [0.1, 0.15) is 41.0 Å². The standard InChI is InChI=1S/C12H25NO2/c1-9(2)6-11(5)7-13(10(3)4)8-12(14)15/h9-11H,6-8H2,1-5H3,(H,14,15). The summed E-state index contributed by atoms with van der Waals surface area (Å²) in [4.78, 5) is 12.7. The van der Waals surface area contributed by atoms with Gasteiger partial charge >= 0.3 is 5.97 Å². The number of carboxylic acid groups (broad SMARTS) is 1. The highest BCUT2D eigenvalue weighted by molar-refractivity contribution is 5.69. The number of nitrogens with zero attached hydrogens (tertiary/aromatic N) is 1. The fourth-order valence-corrected chi connectivity index (χ4v) is 1.91. The second-order valence-corrected chi connectivity index (χ2v) is 5.15. The van der Waals surface area contributed by atoms with Crippen LogP contribution in [-0.2, 0) is 4.79 Å². The first-order valence-electron chi connectivity index (χ1n) is 5.78. The number of hydrogen-bond acceptors (Lipinski definition) is 2. The zero-order valence-corrected chi connectivity index (χ0v) is 10.7. The summed E-state index contributed by atoms with van der Waals surface area (Å²) in [5.74, 6) is 0.506. The van der Waals surface area contributed by atoms with Crippen molar-refractivity contribution in [3.05, 3.63) is 0 Å². The molecule has 3 nitrogen and oxygen atoms in total. The topological polar surface area (TPSA) is 40.5 Å². The van der Waals surface area contributed by atoms with E-state index in [4.69, 9.17) is 5.11 Å². The molecule has 0 aliphatic carbocycles. The van der Waals surface area contributed by atoms with Crippen LogP contribution in [0.3, 0.4) is 0 Å². The van der Waals surface area contributed by atoms with E-state index in [1.54, 1.807) is 0 Å². The van der Waals surface area contributed by atoms with Crippen LogP contribution in [0, 0.1) is 11.8 Å². The van der Waals surface area contributed by atoms with Gasteiger partial charge in [0.25, 0.3) is 0 Å². The summed E-state index contributed by atoms with van der Waals surface area (Å²) in [6, 6.07) is 0.302. The van der Waals surface area contributed by atoms with Crippen molar-refractivity contribution in [2.24, 2.45) is 11.8 Å². The normalized spacial score (nSPS) is 13.9. The van der Waals surface area contributed by atoms with Gasteiger partial charge in [0.1, 0.15) is 0 Å². The zero-order valence-electron chi connectivity index (χ0n) is 10.7. The molecule has 0 aliphatic rings. The van der Waals surface area contributed by atoms with E-state index in [1.165, 1.54) is 0 Å². The van der Waals surface area contributed by atoms with Gasteiger partial charge < -0.3 is 5.11 Å². The Balaban J connectivity index is 4.10. The van der Waals surface area contributed by atoms with Gasteiger partial charge in [-0.3, -0.25) is 9.69 Å². The van der Waals surface area contributed by atoms with E-state index in [0.29, 0.717) is 17.9 Å². The molecule has 0 spiro atoms. The van der Waals surface area contributed by atoms with E-state index in [9.17, 15) is 4.79 Å². The molecule has 0 bridgehead atoms. The van der Waals surface area contributed by atoms with Crippen molar-refractivity contribution in [2.75, 3.05) is 13.1 Å². The summed E-state index contributed by atoms with van der Waals surface area (Å²) >= 11 is 0. The maximum Gasteiger partial charge on any atom is 0.317 e. The molecule has 3 heteroatoms. The minimum atomic E-state index is -0.736. The predicted octanol–water partition coefficient (Wildman–Crippen LogP) is 2.46. The van der Waals surface area contributed by atoms with E-state index < -0.39 is 5.97 Å². The Kier molecular flexibility index (Phi) is 6.57. The lowest BCUT2D eigenvalue weighted by Crippen LogP contribution is -2.38. The second kappa shape index (κ2) is 6.83. The lowest BCUT2D eigenvalue weighted by molar-refractivity contribution is -0.138. The first-order chi connectivity index (χ1) is 6.82. The summed E-state index contributed by atoms with van der Waals surface area (Å²) in [7, 11) is 0. The summed E-state index contributed by atoms with van der Waals surface area (Å²) < 4.78 is 0. The van der Waals surface area contributed by atoms with E-state index in [0.717, 1.165) is 13.0 Å². The quantitative estimate of drug-likeness (QED) is 0.709. The van der Waals surface area contributed by atoms with Gasteiger partial charge in [0.05, 0.1) is 6.54 Å². The molecule has 0 saturated carbocycles. The van der Waals surface area contributed by atoms with Gasteiger partial charge in [-0.15, -0.1) is 0 Å². The summed E-state index contributed by atoms with van der Waals surface area (Å²) in [6.07, 6.45) is 1.16. The average molecular weight is 215 g/mol. The van der Waals surface area contributed by atoms with Crippen LogP contribution < -0.4 is 0 Å². The molecule has 1 N–H and O–H groups in total. The van der Waals surface area contributed by atoms with Gasteiger partial charge in [-0.25, -0.2) is 0 Å². The van der Waals surface area contributed by atoms with Gasteiger partial charge in [-0.05, 0) is 32.1 Å². The Morgan fingerprint density at radius 1 is 1.20 bits per heavy atom. The van der Waals surface area contributed by atoms with Crippen molar-refractivity contribution in [1.82, 2.24) is 4.90 Å². The molecule has 0 amide bonds. The fraction of sp³-hybridized carbons (Fsp3) is 0.917. The van der Waals surface area contributed by atoms with Crippen molar-refractivity contribution >= 4 is 5.97 Å². The Morgan fingerprint density at radius 3 is 2.07 bits per heavy atom. The summed E-state index contributed by atoms with van der Waals surface area (Å²) in [5.41, 5.74) is 0. The predicted molar refractivity (Wildman–Crippen MR) is 63.0 cm³/mol. The highest BCUT2D eigenvalue weighted by atomic mass is 16.4. The number of rotatable bonds is 7. The third-order valence-corrected chi connectivity index (χ3v) is 2.49. The second-order valence-electron chi connectivity index (χ2n) is 5.15. The minimum absolute atomic E-state index is 0.153. The average Bonchev–Trinajstić information content (AvgIpc) is 1.99. The zero-order chi connectivity index (χ0) is 12.0. The van der Waals surface area contributed by atoms with Crippen LogP contribution in [0.4, 0.5) is 0 Å². The third kappa shape index (κ3) is 7.37. The molecule has 0 aromatic carbocycles. The van der Waals surface area contributed by atoms with Crippen molar-refractivity contribution in [2.45, 2.75) is 47.1 Å². The molecule has 0 aliphatic heterocycles. The number of hydrogen-bond donors (Lipinski definition) is 1. The van der Waals surface area contributed by atoms with Crippen LogP contribution in [-0.4, -0.2) is 35.1 Å². The van der Waals surface area contributed by atoms with Crippen molar-refractivity contribution in [3.8, 4) is 0 Å². The monoisotopic (exact) mass is 215 g/mol. The fourth-order valence-electron chi connectivity index (χ4n) is 1.91. The molecule has 1 unspecified atom stereocenters. The molecule has 0 aromatic rings. The van der Waals surface area contributed by atoms with Gasteiger partial charge in [0.15, 0.2) is 0 Å². The van der Waals surface area contributed by atoms with E-state index in [1.807, 2.05) is 18.7 Å². The van der Waals surface area contributed by atoms with Crippen LogP contribution in [0.25, 0.3) is 0 Å². The van der Waals surface area contributed by atoms with Crippen molar-refractivity contribution in [3.63, 3.8) is 0 Å². The molecular formula is C12H25NO2. The molecule has 0 aromatic heterocycles. The number of aliphatic carboxylic acids is 1. The Labute approximate surface area is 93.5 Å². The number of carboxylic acids is 1. The van der Waals surface area contributed by atoms with Crippen molar-refractivity contribution < 1.29 is 9.90 Å². The maximum atomic E-state index is 10.7. The van der Waals surface area contributed by atoms with E-state index >= 15 is 0 Å². The lowest BCUT2D eigenvalue weighted by atomic mass is 9.98. The molecular weight excluding hydrogens is 190 g/mol. The SMILES string of the molecule is CC(C)CC(C)CN(CC(=O)O)C(C)C. The van der Waals surface area contributed by atoms with Crippen molar-refractivity contribution in [1.29, 1.82) is 0 Å². The van der Waals surface area contributed by atoms with Gasteiger partial charge in [-0.2, -0.15) is 0 Å². The number of carbonyl (C=O) groups is 1. The van der Waals surface area contributed by atoms with E-state index in [-0.39, 0.29) is 6.54 Å². The molecule has 0 rings (SSSR count). The molecule has 0 saturated heterocycles. The lowest BCUT2D eigenvalue weighted by Gasteiger charge is -2.28. The first kappa shape index (κ1) is 14.4. The van der Waals surface area contributed by atoms with Gasteiger partial charge in [0.2, 0.25) is 0 Å². The molecule has 1 atom stereocenters. The third-order valence-electron chi connectivity index (χ3n) is 2.49. The largest absolute Gasteiger partial charge is 0.480 e. The highest BCUT2D eigenvalue weighted by Crippen LogP contribution is 2.13. The highest BCUT2D eigenvalue weighted by Gasteiger charge is 2.16. The van der Waals surface area contributed by atoms with E-state index in [2.05, 4.69) is 20.8 Å². The van der Waals surface area contributed by atoms with Gasteiger partial charge in [-0.1, -0.05) is 20.8 Å². The van der Waals surface area contributed by atoms with Crippen LogP contribution in [0.2, 0.25) is 0 Å². The van der Waals surface area contributed by atoms with Crippen LogP contribution in [0.15, 0.2) is 0 Å². The van der Waals surface area contributed by atoms with Crippen LogP contribution in [0.5, 0.6) is 0 Å². The Bertz CT molecular complexity index is 190. The molecule has 0 radical (unpaired) electrons. The summed E-state index contributed by atoms with van der Waals surface area (Å²) in [6.45, 7) is 11.7. The molecule has 0 heterocycles. The molecule has 0 fully saturated rings. The smallest absolute Gasteiger partial charge is 0.317 e. The Hall–Kier alpha value is -0.570. The van der Waals surface area contributed by atoms with Crippen LogP contribution >= 0.6 is 0 Å². The first-order valence-corrected chi connectivity index (χ1v) is 5.78.